The first kappa shape index (κ1) is 24.4. The molecule has 1 aliphatic heterocycles. The van der Waals surface area contributed by atoms with Crippen LogP contribution in [0.4, 0.5) is 11.4 Å². The number of benzene rings is 2. The molecule has 0 saturated heterocycles. The zero-order chi connectivity index (χ0) is 26.1. The topological polar surface area (TPSA) is 105 Å². The number of aryl methyl sites for hydroxylation is 2. The van der Waals surface area contributed by atoms with Gasteiger partial charge < -0.3 is 10.1 Å². The molecular weight excluding hydrogens is 484 g/mol. The number of hydrogen-bond donors (Lipinski definition) is 1. The summed E-state index contributed by atoms with van der Waals surface area (Å²) in [7, 11) is 0. The van der Waals surface area contributed by atoms with E-state index in [1.807, 2.05) is 54.0 Å². The third-order valence-electron chi connectivity index (χ3n) is 6.39. The number of esters is 1. The van der Waals surface area contributed by atoms with Crippen molar-refractivity contribution in [3.05, 3.63) is 87.3 Å². The molecule has 1 atom stereocenters. The number of ether oxygens (including phenoxy) is 1. The van der Waals surface area contributed by atoms with Gasteiger partial charge in [0.1, 0.15) is 22.9 Å². The second-order valence-corrected chi connectivity index (χ2v) is 9.97. The molecule has 37 heavy (non-hydrogen) atoms. The highest BCUT2D eigenvalue weighted by molar-refractivity contribution is 7.15. The molecule has 1 aliphatic rings. The number of aliphatic imine (C=N–C) groups is 1. The summed E-state index contributed by atoms with van der Waals surface area (Å²) in [5.41, 5.74) is 6.07. The van der Waals surface area contributed by atoms with Gasteiger partial charge in [0.2, 0.25) is 0 Å². The van der Waals surface area contributed by atoms with Gasteiger partial charge in [-0.3, -0.25) is 14.4 Å². The van der Waals surface area contributed by atoms with Gasteiger partial charge >= 0.3 is 5.97 Å². The Labute approximate surface area is 219 Å². The molecule has 9 heteroatoms. The third kappa shape index (κ3) is 4.52. The molecule has 0 fully saturated rings. The van der Waals surface area contributed by atoms with Gasteiger partial charge in [-0.05, 0) is 57.5 Å². The quantitative estimate of drug-likeness (QED) is 0.333. The Morgan fingerprint density at radius 1 is 1.14 bits per heavy atom. The fourth-order valence-electron chi connectivity index (χ4n) is 4.46. The van der Waals surface area contributed by atoms with E-state index in [2.05, 4.69) is 35.4 Å². The first-order valence-corrected chi connectivity index (χ1v) is 12.9. The number of fused-ring (bicyclic) bond motifs is 3. The molecule has 0 unspecified atom stereocenters. The molecule has 0 amide bonds. The summed E-state index contributed by atoms with van der Waals surface area (Å²) in [6.07, 6.45) is 0.0764. The molecule has 0 radical (unpaired) electrons. The summed E-state index contributed by atoms with van der Waals surface area (Å²) in [6.45, 7) is 8.21. The minimum Gasteiger partial charge on any atom is -0.466 e. The number of nitrogens with one attached hydrogen (secondary N) is 1. The van der Waals surface area contributed by atoms with Crippen molar-refractivity contribution in [3.8, 4) is 11.1 Å². The van der Waals surface area contributed by atoms with Crippen molar-refractivity contribution in [2.24, 2.45) is 4.99 Å². The highest BCUT2D eigenvalue weighted by Crippen LogP contribution is 2.39. The average molecular weight is 511 g/mol. The number of carbonyl (C=O) groups is 1. The van der Waals surface area contributed by atoms with Gasteiger partial charge in [0.15, 0.2) is 5.82 Å². The molecule has 0 saturated carbocycles. The van der Waals surface area contributed by atoms with Crippen LogP contribution in [0.25, 0.3) is 5.00 Å². The first-order chi connectivity index (χ1) is 17.9. The predicted octanol–water partition coefficient (Wildman–Crippen LogP) is 5.71. The van der Waals surface area contributed by atoms with Gasteiger partial charge in [-0.15, -0.1) is 21.5 Å². The maximum atomic E-state index is 12.5. The van der Waals surface area contributed by atoms with E-state index in [0.29, 0.717) is 18.0 Å². The summed E-state index contributed by atoms with van der Waals surface area (Å²) in [5, 5.41) is 22.5. The Bertz CT molecular complexity index is 1560. The fourth-order valence-corrected chi connectivity index (χ4v) is 5.67. The number of thiophene rings is 1. The Morgan fingerprint density at radius 2 is 1.89 bits per heavy atom. The number of hydrogen-bond acceptors (Lipinski definition) is 8. The molecule has 3 heterocycles. The monoisotopic (exact) mass is 510 g/mol. The lowest BCUT2D eigenvalue weighted by atomic mass is 9.99. The Kier molecular flexibility index (Phi) is 6.59. The molecular formula is C28H26N6O2S. The number of nitriles is 1. The molecule has 8 nitrogen and oxygen atoms in total. The number of anilines is 2. The van der Waals surface area contributed by atoms with Crippen LogP contribution in [-0.2, 0) is 9.53 Å². The van der Waals surface area contributed by atoms with Crippen molar-refractivity contribution in [3.63, 3.8) is 0 Å². The normalized spacial score (nSPS) is 14.1. The van der Waals surface area contributed by atoms with Gasteiger partial charge in [-0.2, -0.15) is 5.26 Å². The zero-order valence-corrected chi connectivity index (χ0v) is 21.9. The number of carbonyl (C=O) groups excluding carboxylic acids is 1. The van der Waals surface area contributed by atoms with E-state index in [4.69, 9.17) is 9.73 Å². The summed E-state index contributed by atoms with van der Waals surface area (Å²) in [4.78, 5) is 18.8. The standard InChI is InChI=1S/C28H26N6O2S/c1-5-36-24(35)14-23-27-33-32-18(4)34(27)28-25(16(2)17(3)37-28)26(31-23)19-10-12-21(13-11-19)30-22-9-7-6-8-20(22)15-29/h6-13,23,30H,5,14H2,1-4H3/t23-/m0/s1. The molecule has 2 aromatic carbocycles. The lowest BCUT2D eigenvalue weighted by molar-refractivity contribution is -0.143. The van der Waals surface area contributed by atoms with Crippen LogP contribution >= 0.6 is 11.3 Å². The summed E-state index contributed by atoms with van der Waals surface area (Å²) in [5.74, 6) is 1.06. The van der Waals surface area contributed by atoms with E-state index in [9.17, 15) is 10.1 Å². The second kappa shape index (κ2) is 9.99. The Morgan fingerprint density at radius 3 is 2.62 bits per heavy atom. The van der Waals surface area contributed by atoms with Crippen LogP contribution < -0.4 is 5.32 Å². The summed E-state index contributed by atoms with van der Waals surface area (Å²) in [6, 6.07) is 17.0. The molecule has 186 valence electrons. The van der Waals surface area contributed by atoms with Crippen molar-refractivity contribution in [1.29, 1.82) is 5.26 Å². The maximum Gasteiger partial charge on any atom is 0.308 e. The summed E-state index contributed by atoms with van der Waals surface area (Å²) >= 11 is 1.67. The van der Waals surface area contributed by atoms with Crippen LogP contribution in [-0.4, -0.2) is 33.1 Å². The van der Waals surface area contributed by atoms with Crippen LogP contribution in [0.2, 0.25) is 0 Å². The second-order valence-electron chi connectivity index (χ2n) is 8.77. The van der Waals surface area contributed by atoms with E-state index >= 15 is 0 Å². The van der Waals surface area contributed by atoms with Crippen LogP contribution in [0.3, 0.4) is 0 Å². The van der Waals surface area contributed by atoms with Crippen molar-refractivity contribution in [2.45, 2.75) is 40.2 Å². The van der Waals surface area contributed by atoms with Gasteiger partial charge in [0.25, 0.3) is 0 Å². The molecule has 2 aromatic heterocycles. The first-order valence-electron chi connectivity index (χ1n) is 12.0. The van der Waals surface area contributed by atoms with Crippen LogP contribution in [0.5, 0.6) is 0 Å². The van der Waals surface area contributed by atoms with E-state index < -0.39 is 6.04 Å². The van der Waals surface area contributed by atoms with Gasteiger partial charge in [0.05, 0.1) is 30.0 Å². The summed E-state index contributed by atoms with van der Waals surface area (Å²) < 4.78 is 7.27. The number of aromatic nitrogens is 3. The molecule has 0 bridgehead atoms. The van der Waals surface area contributed by atoms with Crippen LogP contribution in [0.15, 0.2) is 53.5 Å². The van der Waals surface area contributed by atoms with Crippen LogP contribution in [0.1, 0.15) is 58.2 Å². The maximum absolute atomic E-state index is 12.5. The number of rotatable bonds is 6. The van der Waals surface area contributed by atoms with E-state index in [-0.39, 0.29) is 12.4 Å². The third-order valence-corrected chi connectivity index (χ3v) is 7.58. The smallest absolute Gasteiger partial charge is 0.308 e. The van der Waals surface area contributed by atoms with Gasteiger partial charge in [-0.1, -0.05) is 24.3 Å². The molecule has 5 rings (SSSR count). The van der Waals surface area contributed by atoms with Gasteiger partial charge in [0, 0.05) is 21.7 Å². The lowest BCUT2D eigenvalue weighted by Crippen LogP contribution is -2.13. The fraction of sp³-hybridized carbons (Fsp3) is 0.250. The SMILES string of the molecule is CCOC(=O)C[C@@H]1N=C(c2ccc(Nc3ccccc3C#N)cc2)c2c(sc(C)c2C)-n2c(C)nnc21. The van der Waals surface area contributed by atoms with E-state index in [1.165, 1.54) is 4.88 Å². The van der Waals surface area contributed by atoms with Crippen molar-refractivity contribution >= 4 is 34.4 Å². The number of nitrogens with zero attached hydrogens (tertiary/aromatic N) is 5. The van der Waals surface area contributed by atoms with Crippen molar-refractivity contribution in [1.82, 2.24) is 14.8 Å². The molecule has 1 N–H and O–H groups in total. The van der Waals surface area contributed by atoms with E-state index in [1.54, 1.807) is 24.3 Å². The molecule has 4 aromatic rings. The Hall–Kier alpha value is -4.29. The van der Waals surface area contributed by atoms with E-state index in [0.717, 1.165) is 44.6 Å². The van der Waals surface area contributed by atoms with Crippen LogP contribution in [0, 0.1) is 32.1 Å². The molecule has 0 spiro atoms. The molecule has 0 aliphatic carbocycles. The minimum absolute atomic E-state index is 0.0764. The van der Waals surface area contributed by atoms with Crippen molar-refractivity contribution in [2.75, 3.05) is 11.9 Å². The number of para-hydroxylation sites is 1. The largest absolute Gasteiger partial charge is 0.466 e. The zero-order valence-electron chi connectivity index (χ0n) is 21.1. The predicted molar refractivity (Wildman–Crippen MR) is 144 cm³/mol. The minimum atomic E-state index is -0.533. The highest BCUT2D eigenvalue weighted by Gasteiger charge is 2.32. The average Bonchev–Trinajstić information content (AvgIpc) is 3.37. The highest BCUT2D eigenvalue weighted by atomic mass is 32.1. The van der Waals surface area contributed by atoms with Crippen molar-refractivity contribution < 1.29 is 9.53 Å². The van der Waals surface area contributed by atoms with Gasteiger partial charge in [-0.25, -0.2) is 0 Å². The Balaban J connectivity index is 1.59. The lowest BCUT2D eigenvalue weighted by Gasteiger charge is -2.13.